The SMILES string of the molecule is CCCCC(SCCCCCC(F)(F)F)C(=O)OC(C)C. The first-order valence-corrected chi connectivity index (χ1v) is 8.70. The van der Waals surface area contributed by atoms with E-state index in [1.54, 1.807) is 0 Å². The summed E-state index contributed by atoms with van der Waals surface area (Å²) in [6.07, 6.45) is -0.741. The smallest absolute Gasteiger partial charge is 0.389 e. The Hall–Kier alpha value is -0.390. The maximum atomic E-state index is 12.0. The van der Waals surface area contributed by atoms with E-state index < -0.39 is 12.6 Å². The van der Waals surface area contributed by atoms with Gasteiger partial charge in [-0.1, -0.05) is 26.2 Å². The molecule has 0 aromatic rings. The number of halogens is 3. The average molecular weight is 328 g/mol. The Kier molecular flexibility index (Phi) is 11.0. The van der Waals surface area contributed by atoms with Crippen LogP contribution in [0.3, 0.4) is 0 Å². The highest BCUT2D eigenvalue weighted by Gasteiger charge is 2.26. The Morgan fingerprint density at radius 3 is 2.33 bits per heavy atom. The molecule has 2 nitrogen and oxygen atoms in total. The molecule has 0 saturated carbocycles. The molecule has 0 spiro atoms. The molecule has 0 rings (SSSR count). The predicted octanol–water partition coefficient (Wildman–Crippen LogP) is 5.35. The van der Waals surface area contributed by atoms with Crippen molar-refractivity contribution in [3.63, 3.8) is 0 Å². The Balaban J connectivity index is 3.93. The van der Waals surface area contributed by atoms with Crippen LogP contribution in [0.25, 0.3) is 0 Å². The summed E-state index contributed by atoms with van der Waals surface area (Å²) in [6, 6.07) is 0. The number of alkyl halides is 3. The molecule has 1 atom stereocenters. The van der Waals surface area contributed by atoms with Gasteiger partial charge in [0.2, 0.25) is 0 Å². The van der Waals surface area contributed by atoms with E-state index in [2.05, 4.69) is 6.92 Å². The minimum Gasteiger partial charge on any atom is -0.462 e. The van der Waals surface area contributed by atoms with Crippen molar-refractivity contribution >= 4 is 17.7 Å². The highest BCUT2D eigenvalue weighted by atomic mass is 32.2. The summed E-state index contributed by atoms with van der Waals surface area (Å²) in [5, 5.41) is -0.185. The first-order chi connectivity index (χ1) is 9.76. The molecule has 0 saturated heterocycles. The number of unbranched alkanes of at least 4 members (excludes halogenated alkanes) is 3. The molecule has 0 aromatic carbocycles. The molecule has 1 unspecified atom stereocenters. The average Bonchev–Trinajstić information content (AvgIpc) is 2.34. The lowest BCUT2D eigenvalue weighted by Crippen LogP contribution is -2.23. The van der Waals surface area contributed by atoms with Crippen molar-refractivity contribution in [2.24, 2.45) is 0 Å². The fourth-order valence-corrected chi connectivity index (χ4v) is 2.98. The summed E-state index contributed by atoms with van der Waals surface area (Å²) >= 11 is 1.51. The van der Waals surface area contributed by atoms with E-state index in [1.165, 1.54) is 11.8 Å². The largest absolute Gasteiger partial charge is 0.462 e. The fourth-order valence-electron chi connectivity index (χ4n) is 1.80. The van der Waals surface area contributed by atoms with Crippen molar-refractivity contribution in [3.8, 4) is 0 Å². The Morgan fingerprint density at radius 2 is 1.81 bits per heavy atom. The van der Waals surface area contributed by atoms with Crippen LogP contribution in [0.15, 0.2) is 0 Å². The monoisotopic (exact) mass is 328 g/mol. The molecule has 21 heavy (non-hydrogen) atoms. The van der Waals surface area contributed by atoms with Gasteiger partial charge < -0.3 is 4.74 Å². The first-order valence-electron chi connectivity index (χ1n) is 7.65. The number of esters is 1. The lowest BCUT2D eigenvalue weighted by Gasteiger charge is -2.17. The third-order valence-corrected chi connectivity index (χ3v) is 4.21. The number of carbonyl (C=O) groups excluding carboxylic acids is 1. The summed E-state index contributed by atoms with van der Waals surface area (Å²) in [7, 11) is 0. The zero-order chi connectivity index (χ0) is 16.3. The van der Waals surface area contributed by atoms with Crippen molar-refractivity contribution in [3.05, 3.63) is 0 Å². The zero-order valence-corrected chi connectivity index (χ0v) is 14.0. The van der Waals surface area contributed by atoms with Gasteiger partial charge in [-0.05, 0) is 38.9 Å². The number of rotatable bonds is 11. The van der Waals surface area contributed by atoms with Crippen molar-refractivity contribution in [1.29, 1.82) is 0 Å². The molecule has 0 radical (unpaired) electrons. The van der Waals surface area contributed by atoms with Crippen molar-refractivity contribution < 1.29 is 22.7 Å². The zero-order valence-electron chi connectivity index (χ0n) is 13.2. The third-order valence-electron chi connectivity index (χ3n) is 2.86. The van der Waals surface area contributed by atoms with E-state index in [0.717, 1.165) is 19.3 Å². The van der Waals surface area contributed by atoms with Crippen molar-refractivity contribution in [1.82, 2.24) is 0 Å². The summed E-state index contributed by atoms with van der Waals surface area (Å²) in [5.41, 5.74) is 0. The molecule has 126 valence electrons. The molecular formula is C15H27F3O2S. The van der Waals surface area contributed by atoms with E-state index >= 15 is 0 Å². The second-order valence-corrected chi connectivity index (χ2v) is 6.72. The maximum Gasteiger partial charge on any atom is 0.389 e. The van der Waals surface area contributed by atoms with Gasteiger partial charge in [-0.2, -0.15) is 13.2 Å². The van der Waals surface area contributed by atoms with E-state index in [0.29, 0.717) is 18.6 Å². The van der Waals surface area contributed by atoms with Crippen molar-refractivity contribution in [2.75, 3.05) is 5.75 Å². The number of hydrogen-bond donors (Lipinski definition) is 0. The van der Waals surface area contributed by atoms with Crippen LogP contribution in [-0.2, 0) is 9.53 Å². The molecule has 0 heterocycles. The number of hydrogen-bond acceptors (Lipinski definition) is 3. The molecule has 0 aliphatic carbocycles. The minimum absolute atomic E-state index is 0.131. The van der Waals surface area contributed by atoms with Gasteiger partial charge in [-0.15, -0.1) is 11.8 Å². The fraction of sp³-hybridized carbons (Fsp3) is 0.933. The molecule has 0 N–H and O–H groups in total. The summed E-state index contributed by atoms with van der Waals surface area (Å²) in [4.78, 5) is 11.9. The molecular weight excluding hydrogens is 301 g/mol. The van der Waals surface area contributed by atoms with Crippen LogP contribution in [0.4, 0.5) is 13.2 Å². The van der Waals surface area contributed by atoms with E-state index in [-0.39, 0.29) is 23.7 Å². The highest BCUT2D eigenvalue weighted by molar-refractivity contribution is 8.00. The Bertz CT molecular complexity index is 281. The lowest BCUT2D eigenvalue weighted by atomic mass is 10.2. The Labute approximate surface area is 130 Å². The van der Waals surface area contributed by atoms with Gasteiger partial charge in [0.05, 0.1) is 6.10 Å². The topological polar surface area (TPSA) is 26.3 Å². The maximum absolute atomic E-state index is 12.0. The highest BCUT2D eigenvalue weighted by Crippen LogP contribution is 2.24. The number of carbonyl (C=O) groups is 1. The van der Waals surface area contributed by atoms with Gasteiger partial charge >= 0.3 is 12.1 Å². The molecule has 0 aromatic heterocycles. The van der Waals surface area contributed by atoms with Crippen LogP contribution in [0.5, 0.6) is 0 Å². The summed E-state index contributed by atoms with van der Waals surface area (Å²) < 4.78 is 41.2. The third kappa shape index (κ3) is 13.0. The molecule has 0 aliphatic heterocycles. The van der Waals surface area contributed by atoms with E-state index in [4.69, 9.17) is 4.74 Å². The van der Waals surface area contributed by atoms with E-state index in [1.807, 2.05) is 13.8 Å². The van der Waals surface area contributed by atoms with Gasteiger partial charge in [0.25, 0.3) is 0 Å². The second-order valence-electron chi connectivity index (χ2n) is 5.41. The predicted molar refractivity (Wildman–Crippen MR) is 81.5 cm³/mol. The van der Waals surface area contributed by atoms with Gasteiger partial charge in [0, 0.05) is 6.42 Å². The van der Waals surface area contributed by atoms with Gasteiger partial charge in [0.15, 0.2) is 0 Å². The molecule has 0 amide bonds. The number of ether oxygens (including phenoxy) is 1. The van der Waals surface area contributed by atoms with Crippen molar-refractivity contribution in [2.45, 2.75) is 83.2 Å². The van der Waals surface area contributed by atoms with Gasteiger partial charge in [-0.25, -0.2) is 0 Å². The Morgan fingerprint density at radius 1 is 1.14 bits per heavy atom. The quantitative estimate of drug-likeness (QED) is 0.377. The standard InChI is InChI=1S/C15H27F3O2S/c1-4-5-9-13(14(19)20-12(2)3)21-11-8-6-7-10-15(16,17)18/h12-13H,4-11H2,1-3H3. The minimum atomic E-state index is -4.06. The second kappa shape index (κ2) is 11.2. The lowest BCUT2D eigenvalue weighted by molar-refractivity contribution is -0.146. The summed E-state index contributed by atoms with van der Waals surface area (Å²) in [6.45, 7) is 5.69. The van der Waals surface area contributed by atoms with Crippen LogP contribution in [0.1, 0.15) is 65.7 Å². The van der Waals surface area contributed by atoms with Crippen LogP contribution in [0, 0.1) is 0 Å². The van der Waals surface area contributed by atoms with Gasteiger partial charge in [0.1, 0.15) is 5.25 Å². The summed E-state index contributed by atoms with van der Waals surface area (Å²) in [5.74, 6) is 0.512. The van der Waals surface area contributed by atoms with Crippen LogP contribution < -0.4 is 0 Å². The van der Waals surface area contributed by atoms with Gasteiger partial charge in [-0.3, -0.25) is 4.79 Å². The molecule has 6 heteroatoms. The molecule has 0 bridgehead atoms. The van der Waals surface area contributed by atoms with Crippen LogP contribution in [0.2, 0.25) is 0 Å². The van der Waals surface area contributed by atoms with Crippen LogP contribution in [-0.4, -0.2) is 29.3 Å². The molecule has 0 aliphatic rings. The normalized spacial score (nSPS) is 13.5. The van der Waals surface area contributed by atoms with Crippen LogP contribution >= 0.6 is 11.8 Å². The molecule has 0 fully saturated rings. The number of thioether (sulfide) groups is 1. The van der Waals surface area contributed by atoms with E-state index in [9.17, 15) is 18.0 Å². The first kappa shape index (κ1) is 20.6.